The maximum absolute atomic E-state index is 8.96. The van der Waals surface area contributed by atoms with E-state index in [9.17, 15) is 0 Å². The summed E-state index contributed by atoms with van der Waals surface area (Å²) < 4.78 is 6.62. The van der Waals surface area contributed by atoms with Crippen LogP contribution in [0.25, 0.3) is 0 Å². The van der Waals surface area contributed by atoms with Gasteiger partial charge in [-0.25, -0.2) is 4.98 Å². The van der Waals surface area contributed by atoms with Crippen LogP contribution in [0, 0.1) is 6.92 Å². The molecule has 2 aromatic rings. The van der Waals surface area contributed by atoms with Crippen LogP contribution in [0.4, 0.5) is 0 Å². The van der Waals surface area contributed by atoms with Gasteiger partial charge in [0, 0.05) is 16.8 Å². The number of benzene rings is 1. The molecule has 2 rings (SSSR count). The molecule has 0 aliphatic heterocycles. The highest BCUT2D eigenvalue weighted by molar-refractivity contribution is 8.01. The summed E-state index contributed by atoms with van der Waals surface area (Å²) in [5.41, 5.74) is 1.51. The van der Waals surface area contributed by atoms with Gasteiger partial charge in [-0.05, 0) is 24.5 Å². The van der Waals surface area contributed by atoms with Gasteiger partial charge in [-0.3, -0.25) is 0 Å². The summed E-state index contributed by atoms with van der Waals surface area (Å²) in [7, 11) is -1.43. The van der Waals surface area contributed by atoms with Crippen molar-refractivity contribution in [1.29, 1.82) is 0 Å². The van der Waals surface area contributed by atoms with Gasteiger partial charge in [0.2, 0.25) is 0 Å². The standard InChI is InChI=1S/C12H14BNO3S2/c1-9-8-19-12(14-9)18-7-6-17-11-4-2-10(3-5-11)13(15)16/h2-5,8,15-16H,6-7H2,1H3. The predicted octanol–water partition coefficient (Wildman–Crippen LogP) is 1.30. The SMILES string of the molecule is Cc1csc(SCCOc2ccc(B(O)O)cc2)n1. The molecule has 1 aromatic heterocycles. The summed E-state index contributed by atoms with van der Waals surface area (Å²) in [6, 6.07) is 6.73. The Morgan fingerprint density at radius 1 is 1.32 bits per heavy atom. The molecule has 0 fully saturated rings. The lowest BCUT2D eigenvalue weighted by atomic mass is 9.80. The number of thiazole rings is 1. The zero-order valence-electron chi connectivity index (χ0n) is 10.4. The molecule has 0 spiro atoms. The first-order chi connectivity index (χ1) is 9.15. The monoisotopic (exact) mass is 295 g/mol. The van der Waals surface area contributed by atoms with E-state index in [1.54, 1.807) is 47.4 Å². The van der Waals surface area contributed by atoms with Gasteiger partial charge in [0.25, 0.3) is 0 Å². The number of nitrogens with zero attached hydrogens (tertiary/aromatic N) is 1. The summed E-state index contributed by atoms with van der Waals surface area (Å²) in [6.07, 6.45) is 0. The molecule has 0 atom stereocenters. The Labute approximate surface area is 120 Å². The van der Waals surface area contributed by atoms with Gasteiger partial charge in [-0.1, -0.05) is 23.9 Å². The third-order valence-corrected chi connectivity index (χ3v) is 4.46. The molecule has 0 bridgehead atoms. The fourth-order valence-electron chi connectivity index (χ4n) is 1.42. The Morgan fingerprint density at radius 3 is 2.63 bits per heavy atom. The number of rotatable bonds is 6. The van der Waals surface area contributed by atoms with E-state index in [2.05, 4.69) is 4.98 Å². The van der Waals surface area contributed by atoms with Crippen LogP contribution in [-0.2, 0) is 0 Å². The van der Waals surface area contributed by atoms with Crippen molar-refractivity contribution in [3.8, 4) is 5.75 Å². The van der Waals surface area contributed by atoms with Gasteiger partial charge in [-0.15, -0.1) is 11.3 Å². The van der Waals surface area contributed by atoms with Crippen LogP contribution in [0.2, 0.25) is 0 Å². The second kappa shape index (κ2) is 6.95. The van der Waals surface area contributed by atoms with Gasteiger partial charge in [0.05, 0.1) is 6.61 Å². The molecule has 1 aromatic carbocycles. The molecule has 0 saturated heterocycles. The van der Waals surface area contributed by atoms with Gasteiger partial charge >= 0.3 is 7.12 Å². The van der Waals surface area contributed by atoms with Crippen LogP contribution in [0.3, 0.4) is 0 Å². The van der Waals surface area contributed by atoms with E-state index in [1.165, 1.54) is 0 Å². The van der Waals surface area contributed by atoms with Gasteiger partial charge in [-0.2, -0.15) is 0 Å². The lowest BCUT2D eigenvalue weighted by Crippen LogP contribution is -2.29. The molecular formula is C12H14BNO3S2. The molecule has 0 aliphatic rings. The summed E-state index contributed by atoms with van der Waals surface area (Å²) in [6.45, 7) is 2.57. The van der Waals surface area contributed by atoms with Gasteiger partial charge < -0.3 is 14.8 Å². The number of ether oxygens (including phenoxy) is 1. The van der Waals surface area contributed by atoms with E-state index < -0.39 is 7.12 Å². The van der Waals surface area contributed by atoms with E-state index >= 15 is 0 Å². The minimum atomic E-state index is -1.43. The Kier molecular flexibility index (Phi) is 5.27. The fourth-order valence-corrected chi connectivity index (χ4v) is 3.16. The normalized spacial score (nSPS) is 10.5. The van der Waals surface area contributed by atoms with Crippen LogP contribution in [0.5, 0.6) is 5.75 Å². The topological polar surface area (TPSA) is 62.6 Å². The second-order valence-corrected chi connectivity index (χ2v) is 6.09. The van der Waals surface area contributed by atoms with Crippen molar-refractivity contribution in [2.45, 2.75) is 11.3 Å². The van der Waals surface area contributed by atoms with Crippen LogP contribution in [-0.4, -0.2) is 34.5 Å². The lowest BCUT2D eigenvalue weighted by Gasteiger charge is -2.06. The lowest BCUT2D eigenvalue weighted by molar-refractivity contribution is 0.344. The molecule has 0 unspecified atom stereocenters. The number of aromatic nitrogens is 1. The minimum Gasteiger partial charge on any atom is -0.493 e. The van der Waals surface area contributed by atoms with Crippen molar-refractivity contribution in [3.63, 3.8) is 0 Å². The number of hydrogen-bond acceptors (Lipinski definition) is 6. The van der Waals surface area contributed by atoms with E-state index in [4.69, 9.17) is 14.8 Å². The molecule has 100 valence electrons. The van der Waals surface area contributed by atoms with Crippen LogP contribution in [0.15, 0.2) is 34.0 Å². The highest BCUT2D eigenvalue weighted by Crippen LogP contribution is 2.22. The van der Waals surface area contributed by atoms with Crippen molar-refractivity contribution in [3.05, 3.63) is 35.3 Å². The molecule has 0 saturated carbocycles. The smallest absolute Gasteiger partial charge is 0.488 e. The second-order valence-electron chi connectivity index (χ2n) is 3.89. The molecule has 7 heteroatoms. The van der Waals surface area contributed by atoms with Crippen molar-refractivity contribution in [1.82, 2.24) is 4.98 Å². The summed E-state index contributed by atoms with van der Waals surface area (Å²) in [5.74, 6) is 1.55. The average molecular weight is 295 g/mol. The largest absolute Gasteiger partial charge is 0.493 e. The van der Waals surface area contributed by atoms with E-state index in [0.717, 1.165) is 21.5 Å². The highest BCUT2D eigenvalue weighted by Gasteiger charge is 2.09. The Hall–Kier alpha value is -1.02. The van der Waals surface area contributed by atoms with Crippen molar-refractivity contribution >= 4 is 35.7 Å². The maximum Gasteiger partial charge on any atom is 0.488 e. The zero-order valence-corrected chi connectivity index (χ0v) is 12.1. The third kappa shape index (κ3) is 4.54. The summed E-state index contributed by atoms with van der Waals surface area (Å²) >= 11 is 3.31. The van der Waals surface area contributed by atoms with Crippen molar-refractivity contribution < 1.29 is 14.8 Å². The van der Waals surface area contributed by atoms with Gasteiger partial charge in [0.1, 0.15) is 10.1 Å². The van der Waals surface area contributed by atoms with Crippen molar-refractivity contribution in [2.75, 3.05) is 12.4 Å². The van der Waals surface area contributed by atoms with E-state index in [0.29, 0.717) is 12.1 Å². The van der Waals surface area contributed by atoms with Crippen molar-refractivity contribution in [2.24, 2.45) is 0 Å². The average Bonchev–Trinajstić information content (AvgIpc) is 2.81. The predicted molar refractivity (Wildman–Crippen MR) is 79.3 cm³/mol. The zero-order chi connectivity index (χ0) is 13.7. The number of hydrogen-bond donors (Lipinski definition) is 2. The Bertz CT molecular complexity index is 516. The molecule has 1 heterocycles. The first-order valence-corrected chi connectivity index (χ1v) is 7.65. The fraction of sp³-hybridized carbons (Fsp3) is 0.250. The molecule has 4 nitrogen and oxygen atoms in total. The molecular weight excluding hydrogens is 281 g/mol. The maximum atomic E-state index is 8.96. The minimum absolute atomic E-state index is 0.458. The first-order valence-electron chi connectivity index (χ1n) is 5.79. The highest BCUT2D eigenvalue weighted by atomic mass is 32.2. The molecule has 2 N–H and O–H groups in total. The quantitative estimate of drug-likeness (QED) is 0.478. The van der Waals surface area contributed by atoms with E-state index in [-0.39, 0.29) is 0 Å². The number of thioether (sulfide) groups is 1. The molecule has 0 amide bonds. The first kappa shape index (κ1) is 14.4. The Morgan fingerprint density at radius 2 is 2.05 bits per heavy atom. The van der Waals surface area contributed by atoms with Crippen LogP contribution < -0.4 is 10.2 Å². The van der Waals surface area contributed by atoms with Crippen LogP contribution >= 0.6 is 23.1 Å². The summed E-state index contributed by atoms with van der Waals surface area (Å²) in [4.78, 5) is 4.36. The number of aryl methyl sites for hydroxylation is 1. The molecule has 19 heavy (non-hydrogen) atoms. The van der Waals surface area contributed by atoms with E-state index in [1.807, 2.05) is 12.3 Å². The molecule has 0 aliphatic carbocycles. The third-order valence-electron chi connectivity index (χ3n) is 2.35. The summed E-state index contributed by atoms with van der Waals surface area (Å²) in [5, 5.41) is 20.0. The molecule has 0 radical (unpaired) electrons. The van der Waals surface area contributed by atoms with Gasteiger partial charge in [0.15, 0.2) is 0 Å². The van der Waals surface area contributed by atoms with Crippen LogP contribution in [0.1, 0.15) is 5.69 Å². The Balaban J connectivity index is 1.73.